The van der Waals surface area contributed by atoms with Crippen LogP contribution in [0.3, 0.4) is 0 Å². The molecule has 2 rings (SSSR count). The van der Waals surface area contributed by atoms with Crippen LogP contribution in [0, 0.1) is 11.3 Å². The molecule has 0 aromatic carbocycles. The summed E-state index contributed by atoms with van der Waals surface area (Å²) < 4.78 is 5.35. The summed E-state index contributed by atoms with van der Waals surface area (Å²) in [6, 6.07) is 0.602. The first kappa shape index (κ1) is 17.2. The van der Waals surface area contributed by atoms with Crippen molar-refractivity contribution in [3.8, 4) is 0 Å². The maximum atomic E-state index is 5.35. The zero-order valence-corrected chi connectivity index (χ0v) is 14.5. The first-order valence-electron chi connectivity index (χ1n) is 9.08. The van der Waals surface area contributed by atoms with Gasteiger partial charge in [-0.3, -0.25) is 0 Å². The van der Waals surface area contributed by atoms with Gasteiger partial charge in [0.25, 0.3) is 0 Å². The molecule has 1 N–H and O–H groups in total. The normalized spacial score (nSPS) is 27.1. The monoisotopic (exact) mass is 296 g/mol. The van der Waals surface area contributed by atoms with Gasteiger partial charge < -0.3 is 15.0 Å². The van der Waals surface area contributed by atoms with Crippen LogP contribution in [0.1, 0.15) is 58.8 Å². The van der Waals surface area contributed by atoms with Gasteiger partial charge in [0.05, 0.1) is 6.61 Å². The lowest BCUT2D eigenvalue weighted by Crippen LogP contribution is -2.45. The van der Waals surface area contributed by atoms with Gasteiger partial charge in [-0.15, -0.1) is 0 Å². The molecule has 0 bridgehead atoms. The first-order valence-corrected chi connectivity index (χ1v) is 9.08. The average molecular weight is 296 g/mol. The Kier molecular flexibility index (Phi) is 6.97. The zero-order chi connectivity index (χ0) is 15.1. The third-order valence-corrected chi connectivity index (χ3v) is 5.38. The van der Waals surface area contributed by atoms with E-state index in [2.05, 4.69) is 24.1 Å². The lowest BCUT2D eigenvalue weighted by atomic mass is 9.79. The minimum Gasteiger partial charge on any atom is -0.384 e. The second kappa shape index (κ2) is 8.50. The van der Waals surface area contributed by atoms with Gasteiger partial charge in [0, 0.05) is 32.8 Å². The highest BCUT2D eigenvalue weighted by molar-refractivity contribution is 4.89. The van der Waals surface area contributed by atoms with Gasteiger partial charge in [-0.05, 0) is 37.1 Å². The van der Waals surface area contributed by atoms with E-state index in [1.165, 1.54) is 71.1 Å². The predicted molar refractivity (Wildman–Crippen MR) is 89.7 cm³/mol. The molecule has 1 atom stereocenters. The van der Waals surface area contributed by atoms with E-state index in [0.717, 1.165) is 12.5 Å². The van der Waals surface area contributed by atoms with E-state index in [0.29, 0.717) is 11.5 Å². The van der Waals surface area contributed by atoms with E-state index < -0.39 is 0 Å². The summed E-state index contributed by atoms with van der Waals surface area (Å²) in [5.74, 6) is 0.760. The Morgan fingerprint density at radius 3 is 2.52 bits per heavy atom. The number of hydrogen-bond acceptors (Lipinski definition) is 3. The Morgan fingerprint density at radius 1 is 1.19 bits per heavy atom. The molecule has 21 heavy (non-hydrogen) atoms. The van der Waals surface area contributed by atoms with E-state index in [1.807, 2.05) is 7.11 Å². The molecule has 0 radical (unpaired) electrons. The van der Waals surface area contributed by atoms with Crippen LogP contribution >= 0.6 is 0 Å². The predicted octanol–water partition coefficient (Wildman–Crippen LogP) is 3.29. The molecular weight excluding hydrogens is 260 g/mol. The number of nitrogens with one attached hydrogen (secondary N) is 1. The topological polar surface area (TPSA) is 24.5 Å². The maximum absolute atomic E-state index is 5.35. The molecule has 3 nitrogen and oxygen atoms in total. The summed E-state index contributed by atoms with van der Waals surface area (Å²) in [5.41, 5.74) is 0.517. The van der Waals surface area contributed by atoms with Crippen LogP contribution < -0.4 is 5.32 Å². The summed E-state index contributed by atoms with van der Waals surface area (Å²) in [5, 5.41) is 3.74. The molecule has 1 saturated heterocycles. The Labute approximate surface area is 131 Å². The Morgan fingerprint density at radius 2 is 1.90 bits per heavy atom. The van der Waals surface area contributed by atoms with Gasteiger partial charge in [-0.1, -0.05) is 39.5 Å². The second-order valence-corrected chi connectivity index (χ2v) is 7.79. The first-order chi connectivity index (χ1) is 10.1. The van der Waals surface area contributed by atoms with Crippen molar-refractivity contribution in [3.05, 3.63) is 0 Å². The summed E-state index contributed by atoms with van der Waals surface area (Å²) in [6.07, 6.45) is 9.88. The molecule has 2 aliphatic rings. The minimum atomic E-state index is 0.517. The lowest BCUT2D eigenvalue weighted by Gasteiger charge is -2.37. The van der Waals surface area contributed by atoms with Crippen LogP contribution in [0.4, 0.5) is 0 Å². The maximum Gasteiger partial charge on any atom is 0.0503 e. The molecule has 1 aliphatic carbocycles. The van der Waals surface area contributed by atoms with Crippen LogP contribution in [0.2, 0.25) is 0 Å². The molecule has 3 heteroatoms. The third-order valence-electron chi connectivity index (χ3n) is 5.38. The van der Waals surface area contributed by atoms with Crippen molar-refractivity contribution in [2.24, 2.45) is 11.3 Å². The lowest BCUT2D eigenvalue weighted by molar-refractivity contribution is 0.124. The van der Waals surface area contributed by atoms with Gasteiger partial charge in [0.15, 0.2) is 0 Å². The van der Waals surface area contributed by atoms with Crippen molar-refractivity contribution in [1.29, 1.82) is 0 Å². The van der Waals surface area contributed by atoms with Crippen molar-refractivity contribution >= 4 is 0 Å². The highest BCUT2D eigenvalue weighted by atomic mass is 16.5. The SMILES string of the molecule is COCC1CCN(CC2(CNC(C)C)CCCCCC2)C1. The van der Waals surface area contributed by atoms with Crippen LogP contribution in [-0.4, -0.2) is 50.8 Å². The van der Waals surface area contributed by atoms with Crippen LogP contribution in [0.15, 0.2) is 0 Å². The molecular formula is C18H36N2O. The molecule has 1 heterocycles. The summed E-state index contributed by atoms with van der Waals surface area (Å²) in [6.45, 7) is 10.5. The number of rotatable bonds is 7. The highest BCUT2D eigenvalue weighted by Gasteiger charge is 2.35. The van der Waals surface area contributed by atoms with Gasteiger partial charge >= 0.3 is 0 Å². The molecule has 0 spiro atoms. The van der Waals surface area contributed by atoms with Gasteiger partial charge in [-0.2, -0.15) is 0 Å². The fourth-order valence-electron chi connectivity index (χ4n) is 4.19. The van der Waals surface area contributed by atoms with E-state index in [-0.39, 0.29) is 0 Å². The van der Waals surface area contributed by atoms with Crippen LogP contribution in [0.5, 0.6) is 0 Å². The summed E-state index contributed by atoms with van der Waals surface area (Å²) >= 11 is 0. The number of methoxy groups -OCH3 is 1. The van der Waals surface area contributed by atoms with Gasteiger partial charge in [0.1, 0.15) is 0 Å². The van der Waals surface area contributed by atoms with Crippen LogP contribution in [0.25, 0.3) is 0 Å². The minimum absolute atomic E-state index is 0.517. The average Bonchev–Trinajstić information content (AvgIpc) is 2.74. The van der Waals surface area contributed by atoms with Gasteiger partial charge in [-0.25, -0.2) is 0 Å². The summed E-state index contributed by atoms with van der Waals surface area (Å²) in [4.78, 5) is 2.72. The van der Waals surface area contributed by atoms with E-state index in [9.17, 15) is 0 Å². The van der Waals surface area contributed by atoms with Crippen molar-refractivity contribution in [1.82, 2.24) is 10.2 Å². The van der Waals surface area contributed by atoms with Crippen LogP contribution in [-0.2, 0) is 4.74 Å². The highest BCUT2D eigenvalue weighted by Crippen LogP contribution is 2.36. The molecule has 1 unspecified atom stereocenters. The molecule has 0 aromatic heterocycles. The fourth-order valence-corrected chi connectivity index (χ4v) is 4.19. The largest absolute Gasteiger partial charge is 0.384 e. The van der Waals surface area contributed by atoms with Gasteiger partial charge in [0.2, 0.25) is 0 Å². The molecule has 0 amide bonds. The van der Waals surface area contributed by atoms with Crippen molar-refractivity contribution in [3.63, 3.8) is 0 Å². The number of hydrogen-bond donors (Lipinski definition) is 1. The molecule has 0 aromatic rings. The number of nitrogens with zero attached hydrogens (tertiary/aromatic N) is 1. The zero-order valence-electron chi connectivity index (χ0n) is 14.5. The quantitative estimate of drug-likeness (QED) is 0.730. The fraction of sp³-hybridized carbons (Fsp3) is 1.00. The smallest absolute Gasteiger partial charge is 0.0503 e. The van der Waals surface area contributed by atoms with E-state index in [1.54, 1.807) is 0 Å². The standard InChI is InChI=1S/C18H36N2O/c1-16(2)19-14-18(9-6-4-5-7-10-18)15-20-11-8-17(12-20)13-21-3/h16-17,19H,4-15H2,1-3H3. The van der Waals surface area contributed by atoms with E-state index in [4.69, 9.17) is 4.74 Å². The Balaban J connectivity index is 1.91. The second-order valence-electron chi connectivity index (χ2n) is 7.79. The number of likely N-dealkylation sites (tertiary alicyclic amines) is 1. The molecule has 1 saturated carbocycles. The van der Waals surface area contributed by atoms with Crippen molar-refractivity contribution in [2.45, 2.75) is 64.8 Å². The third kappa shape index (κ3) is 5.54. The number of ether oxygens (including phenoxy) is 1. The molecule has 124 valence electrons. The molecule has 1 aliphatic heterocycles. The van der Waals surface area contributed by atoms with Crippen molar-refractivity contribution < 1.29 is 4.74 Å². The summed E-state index contributed by atoms with van der Waals surface area (Å²) in [7, 11) is 1.84. The van der Waals surface area contributed by atoms with E-state index >= 15 is 0 Å². The van der Waals surface area contributed by atoms with Crippen molar-refractivity contribution in [2.75, 3.05) is 39.9 Å². The Hall–Kier alpha value is -0.120. The molecule has 2 fully saturated rings. The Bertz CT molecular complexity index is 285.